The third-order valence-corrected chi connectivity index (χ3v) is 3.02. The van der Waals surface area contributed by atoms with E-state index in [4.69, 9.17) is 4.42 Å². The SMILES string of the molecule is C[C@H](Sc1nnc(-c2ccc(F)cc2)o1)C(=O)[O-]. The van der Waals surface area contributed by atoms with Crippen molar-refractivity contribution in [3.8, 4) is 11.5 Å². The molecule has 0 fully saturated rings. The summed E-state index contributed by atoms with van der Waals surface area (Å²) in [4.78, 5) is 10.6. The number of carboxylic acids is 1. The van der Waals surface area contributed by atoms with Gasteiger partial charge in [-0.1, -0.05) is 11.8 Å². The van der Waals surface area contributed by atoms with Crippen molar-refractivity contribution in [1.82, 2.24) is 10.2 Å². The van der Waals surface area contributed by atoms with Gasteiger partial charge in [0.15, 0.2) is 0 Å². The van der Waals surface area contributed by atoms with Crippen molar-refractivity contribution in [1.29, 1.82) is 0 Å². The van der Waals surface area contributed by atoms with Gasteiger partial charge in [-0.3, -0.25) is 0 Å². The topological polar surface area (TPSA) is 79.0 Å². The number of aromatic nitrogens is 2. The Morgan fingerprint density at radius 1 is 1.39 bits per heavy atom. The van der Waals surface area contributed by atoms with Gasteiger partial charge in [0.25, 0.3) is 5.22 Å². The van der Waals surface area contributed by atoms with E-state index in [0.717, 1.165) is 11.8 Å². The highest BCUT2D eigenvalue weighted by Gasteiger charge is 2.13. The predicted molar refractivity (Wildman–Crippen MR) is 60.0 cm³/mol. The molecular weight excluding hydrogens is 259 g/mol. The number of hydrogen-bond donors (Lipinski definition) is 0. The van der Waals surface area contributed by atoms with Crippen LogP contribution < -0.4 is 5.11 Å². The number of thioether (sulfide) groups is 1. The van der Waals surface area contributed by atoms with Crippen molar-refractivity contribution in [2.75, 3.05) is 0 Å². The van der Waals surface area contributed by atoms with Crippen LogP contribution in [0, 0.1) is 5.82 Å². The fourth-order valence-corrected chi connectivity index (χ4v) is 1.78. The van der Waals surface area contributed by atoms with Crippen LogP contribution in [0.3, 0.4) is 0 Å². The molecule has 1 heterocycles. The number of aliphatic carboxylic acids is 1. The number of hydrogen-bond acceptors (Lipinski definition) is 6. The van der Waals surface area contributed by atoms with Gasteiger partial charge in [-0.05, 0) is 31.2 Å². The molecule has 1 atom stereocenters. The molecule has 2 aromatic rings. The third-order valence-electron chi connectivity index (χ3n) is 2.11. The van der Waals surface area contributed by atoms with Crippen LogP contribution >= 0.6 is 11.8 Å². The van der Waals surface area contributed by atoms with Crippen LogP contribution in [-0.4, -0.2) is 21.4 Å². The summed E-state index contributed by atoms with van der Waals surface area (Å²) < 4.78 is 18.0. The first-order chi connectivity index (χ1) is 8.56. The standard InChI is InChI=1S/C11H9FN2O3S/c1-6(10(15)16)18-11-14-13-9(17-11)7-2-4-8(12)5-3-7/h2-6H,1H3,(H,15,16)/p-1/t6-/m0/s1. The quantitative estimate of drug-likeness (QED) is 0.772. The average Bonchev–Trinajstić information content (AvgIpc) is 2.78. The van der Waals surface area contributed by atoms with E-state index in [-0.39, 0.29) is 16.9 Å². The smallest absolute Gasteiger partial charge is 0.277 e. The molecule has 2 rings (SSSR count). The maximum atomic E-state index is 12.7. The molecule has 0 saturated heterocycles. The van der Waals surface area contributed by atoms with Crippen molar-refractivity contribution >= 4 is 17.7 Å². The highest BCUT2D eigenvalue weighted by molar-refractivity contribution is 8.00. The van der Waals surface area contributed by atoms with Crippen molar-refractivity contribution in [3.05, 3.63) is 30.1 Å². The fourth-order valence-electron chi connectivity index (χ4n) is 1.17. The van der Waals surface area contributed by atoms with E-state index in [1.807, 2.05) is 0 Å². The van der Waals surface area contributed by atoms with Crippen molar-refractivity contribution < 1.29 is 18.7 Å². The molecule has 0 unspecified atom stereocenters. The summed E-state index contributed by atoms with van der Waals surface area (Å²) in [5, 5.41) is 17.4. The summed E-state index contributed by atoms with van der Waals surface area (Å²) in [5.41, 5.74) is 0.567. The summed E-state index contributed by atoms with van der Waals surface area (Å²) in [5.74, 6) is -1.36. The molecule has 94 valence electrons. The summed E-state index contributed by atoms with van der Waals surface area (Å²) >= 11 is 0.894. The first-order valence-corrected chi connectivity index (χ1v) is 5.91. The van der Waals surface area contributed by atoms with Crippen LogP contribution in [0.1, 0.15) is 6.92 Å². The molecule has 0 spiro atoms. The number of carbonyl (C=O) groups is 1. The molecule has 1 aromatic heterocycles. The summed E-state index contributed by atoms with van der Waals surface area (Å²) in [7, 11) is 0. The Hall–Kier alpha value is -1.89. The van der Waals surface area contributed by atoms with Crippen molar-refractivity contribution in [2.45, 2.75) is 17.4 Å². The maximum absolute atomic E-state index is 12.7. The molecule has 5 nitrogen and oxygen atoms in total. The maximum Gasteiger partial charge on any atom is 0.277 e. The Morgan fingerprint density at radius 3 is 2.67 bits per heavy atom. The lowest BCUT2D eigenvalue weighted by Crippen LogP contribution is -2.31. The van der Waals surface area contributed by atoms with E-state index in [2.05, 4.69) is 10.2 Å². The molecule has 0 bridgehead atoms. The zero-order valence-electron chi connectivity index (χ0n) is 9.29. The minimum atomic E-state index is -1.21. The normalized spacial score (nSPS) is 12.3. The minimum absolute atomic E-state index is 0.131. The first kappa shape index (κ1) is 12.6. The highest BCUT2D eigenvalue weighted by Crippen LogP contribution is 2.25. The molecule has 0 N–H and O–H groups in total. The van der Waals surface area contributed by atoms with Gasteiger partial charge in [-0.15, -0.1) is 10.2 Å². The Balaban J connectivity index is 2.15. The monoisotopic (exact) mass is 267 g/mol. The lowest BCUT2D eigenvalue weighted by atomic mass is 10.2. The highest BCUT2D eigenvalue weighted by atomic mass is 32.2. The van der Waals surface area contributed by atoms with Gasteiger partial charge in [0, 0.05) is 5.56 Å². The van der Waals surface area contributed by atoms with E-state index in [9.17, 15) is 14.3 Å². The largest absolute Gasteiger partial charge is 0.549 e. The number of carbonyl (C=O) groups excluding carboxylic acids is 1. The van der Waals surface area contributed by atoms with Crippen LogP contribution in [0.5, 0.6) is 0 Å². The van der Waals surface area contributed by atoms with E-state index in [1.165, 1.54) is 31.2 Å². The zero-order valence-corrected chi connectivity index (χ0v) is 10.1. The van der Waals surface area contributed by atoms with E-state index < -0.39 is 11.2 Å². The molecule has 0 aliphatic heterocycles. The number of carboxylic acid groups (broad SMARTS) is 1. The molecule has 0 aliphatic carbocycles. The summed E-state index contributed by atoms with van der Waals surface area (Å²) in [6.07, 6.45) is 0. The van der Waals surface area contributed by atoms with Gasteiger partial charge in [-0.25, -0.2) is 4.39 Å². The van der Waals surface area contributed by atoms with E-state index in [1.54, 1.807) is 0 Å². The predicted octanol–water partition coefficient (Wildman–Crippen LogP) is 1.11. The Labute approximate surface area is 106 Å². The number of nitrogens with zero attached hydrogens (tertiary/aromatic N) is 2. The molecule has 18 heavy (non-hydrogen) atoms. The van der Waals surface area contributed by atoms with Crippen LogP contribution in [0.25, 0.3) is 11.5 Å². The second kappa shape index (κ2) is 5.18. The minimum Gasteiger partial charge on any atom is -0.549 e. The molecular formula is C11H8FN2O3S-. The second-order valence-corrected chi connectivity index (χ2v) is 4.75. The van der Waals surface area contributed by atoms with Crippen LogP contribution in [0.2, 0.25) is 0 Å². The van der Waals surface area contributed by atoms with Crippen molar-refractivity contribution in [2.24, 2.45) is 0 Å². The molecule has 1 aromatic carbocycles. The van der Waals surface area contributed by atoms with Gasteiger partial charge in [-0.2, -0.15) is 0 Å². The Kier molecular flexibility index (Phi) is 3.61. The first-order valence-electron chi connectivity index (χ1n) is 5.03. The zero-order chi connectivity index (χ0) is 13.1. The lowest BCUT2D eigenvalue weighted by molar-refractivity contribution is -0.304. The Bertz CT molecular complexity index is 556. The number of benzene rings is 1. The van der Waals surface area contributed by atoms with Gasteiger partial charge >= 0.3 is 0 Å². The van der Waals surface area contributed by atoms with Gasteiger partial charge in [0.1, 0.15) is 5.82 Å². The molecule has 0 saturated carbocycles. The molecule has 0 amide bonds. The molecule has 0 aliphatic rings. The second-order valence-electron chi connectivity index (χ2n) is 3.46. The van der Waals surface area contributed by atoms with Gasteiger partial charge < -0.3 is 14.3 Å². The van der Waals surface area contributed by atoms with E-state index >= 15 is 0 Å². The number of halogens is 1. The molecule has 7 heteroatoms. The average molecular weight is 267 g/mol. The van der Waals surface area contributed by atoms with Crippen LogP contribution in [-0.2, 0) is 4.79 Å². The van der Waals surface area contributed by atoms with Gasteiger partial charge in [0.05, 0.1) is 11.2 Å². The summed E-state index contributed by atoms with van der Waals surface area (Å²) in [6.45, 7) is 1.46. The van der Waals surface area contributed by atoms with Crippen molar-refractivity contribution in [3.63, 3.8) is 0 Å². The van der Waals surface area contributed by atoms with Crippen LogP contribution in [0.4, 0.5) is 4.39 Å². The van der Waals surface area contributed by atoms with E-state index in [0.29, 0.717) is 5.56 Å². The number of rotatable bonds is 4. The lowest BCUT2D eigenvalue weighted by Gasteiger charge is -2.07. The summed E-state index contributed by atoms with van der Waals surface area (Å²) in [6, 6.07) is 5.55. The fraction of sp³-hybridized carbons (Fsp3) is 0.182. The van der Waals surface area contributed by atoms with Crippen LogP contribution in [0.15, 0.2) is 33.9 Å². The Morgan fingerprint density at radius 2 is 2.06 bits per heavy atom. The van der Waals surface area contributed by atoms with Gasteiger partial charge in [0.2, 0.25) is 5.89 Å². The third kappa shape index (κ3) is 2.86. The molecule has 0 radical (unpaired) electrons.